The normalized spacial score (nSPS) is 28.3. The van der Waals surface area contributed by atoms with Crippen LogP contribution in [0.1, 0.15) is 56.6 Å². The molecule has 0 saturated heterocycles. The van der Waals surface area contributed by atoms with E-state index >= 15 is 0 Å². The molecule has 2 aliphatic carbocycles. The van der Waals surface area contributed by atoms with E-state index in [1.165, 1.54) is 38.5 Å². The number of nitrogens with two attached hydrogens (primary N) is 1. The number of aliphatic imine (C=N–C) groups is 1. The van der Waals surface area contributed by atoms with Crippen LogP contribution < -0.4 is 15.8 Å². The van der Waals surface area contributed by atoms with E-state index in [4.69, 9.17) is 15.5 Å². The summed E-state index contributed by atoms with van der Waals surface area (Å²) in [4.78, 5) is 4.76. The highest BCUT2D eigenvalue weighted by molar-refractivity contribution is 14.0. The van der Waals surface area contributed by atoms with Gasteiger partial charge in [-0.15, -0.1) is 24.0 Å². The Kier molecular flexibility index (Phi) is 5.04. The SMILES string of the molecule is I.NC(=NC1CCOc2ccccc21)NC1CCC12CCCC2. The molecule has 5 heteroatoms. The van der Waals surface area contributed by atoms with E-state index in [2.05, 4.69) is 11.4 Å². The first-order valence-electron chi connectivity index (χ1n) is 8.58. The third-order valence-corrected chi connectivity index (χ3v) is 5.81. The van der Waals surface area contributed by atoms with Crippen LogP contribution in [-0.2, 0) is 0 Å². The lowest BCUT2D eigenvalue weighted by atomic mass is 9.63. The van der Waals surface area contributed by atoms with Crippen molar-refractivity contribution in [3.63, 3.8) is 0 Å². The molecule has 1 aromatic carbocycles. The number of ether oxygens (including phenoxy) is 1. The molecule has 2 atom stereocenters. The summed E-state index contributed by atoms with van der Waals surface area (Å²) in [5.41, 5.74) is 7.90. The summed E-state index contributed by atoms with van der Waals surface area (Å²) in [6.07, 6.45) is 8.97. The summed E-state index contributed by atoms with van der Waals surface area (Å²) in [6.45, 7) is 0.714. The molecule has 3 N–H and O–H groups in total. The minimum atomic E-state index is 0. The fourth-order valence-corrected chi connectivity index (χ4v) is 4.44. The first-order valence-corrected chi connectivity index (χ1v) is 8.58. The standard InChI is InChI=1S/C18H25N3O.HI/c19-17(21-16-7-11-18(16)9-3-4-10-18)20-14-8-12-22-15-6-2-1-5-13(14)15;/h1-2,5-6,14,16H,3-4,7-12H2,(H3,19,20,21);1H. The lowest BCUT2D eigenvalue weighted by Crippen LogP contribution is -2.55. The molecule has 1 heterocycles. The topological polar surface area (TPSA) is 59.6 Å². The Morgan fingerprint density at radius 1 is 1.17 bits per heavy atom. The Labute approximate surface area is 155 Å². The van der Waals surface area contributed by atoms with Gasteiger partial charge in [0.05, 0.1) is 12.6 Å². The number of hydrogen-bond donors (Lipinski definition) is 2. The van der Waals surface area contributed by atoms with Gasteiger partial charge in [-0.05, 0) is 37.2 Å². The van der Waals surface area contributed by atoms with Gasteiger partial charge in [0.1, 0.15) is 5.75 Å². The van der Waals surface area contributed by atoms with Crippen molar-refractivity contribution in [2.45, 2.75) is 57.0 Å². The van der Waals surface area contributed by atoms with Gasteiger partial charge < -0.3 is 15.8 Å². The average Bonchev–Trinajstić information content (AvgIpc) is 3.04. The fourth-order valence-electron chi connectivity index (χ4n) is 4.44. The van der Waals surface area contributed by atoms with Crippen molar-refractivity contribution in [2.75, 3.05) is 6.61 Å². The molecule has 0 aromatic heterocycles. The van der Waals surface area contributed by atoms with Crippen LogP contribution >= 0.6 is 24.0 Å². The maximum atomic E-state index is 6.22. The molecule has 2 unspecified atom stereocenters. The van der Waals surface area contributed by atoms with Gasteiger partial charge in [0.25, 0.3) is 0 Å². The van der Waals surface area contributed by atoms with Crippen LogP contribution in [0.4, 0.5) is 0 Å². The van der Waals surface area contributed by atoms with Crippen LogP contribution in [0.25, 0.3) is 0 Å². The second kappa shape index (κ2) is 6.87. The highest BCUT2D eigenvalue weighted by atomic mass is 127. The van der Waals surface area contributed by atoms with E-state index in [-0.39, 0.29) is 30.0 Å². The van der Waals surface area contributed by atoms with Crippen molar-refractivity contribution in [3.8, 4) is 5.75 Å². The number of para-hydroxylation sites is 1. The van der Waals surface area contributed by atoms with E-state index in [9.17, 15) is 0 Å². The molecule has 0 radical (unpaired) electrons. The minimum Gasteiger partial charge on any atom is -0.493 e. The monoisotopic (exact) mass is 427 g/mol. The fraction of sp³-hybridized carbons (Fsp3) is 0.611. The van der Waals surface area contributed by atoms with Gasteiger partial charge >= 0.3 is 0 Å². The Balaban J connectivity index is 0.00000156. The van der Waals surface area contributed by atoms with Crippen LogP contribution in [0.2, 0.25) is 0 Å². The number of nitrogens with zero attached hydrogens (tertiary/aromatic N) is 1. The molecule has 4 rings (SSSR count). The zero-order valence-electron chi connectivity index (χ0n) is 13.5. The molecule has 2 saturated carbocycles. The van der Waals surface area contributed by atoms with Crippen LogP contribution in [0.5, 0.6) is 5.75 Å². The van der Waals surface area contributed by atoms with Crippen molar-refractivity contribution in [2.24, 2.45) is 16.1 Å². The van der Waals surface area contributed by atoms with E-state index in [1.807, 2.05) is 18.2 Å². The lowest BCUT2D eigenvalue weighted by Gasteiger charge is -2.48. The smallest absolute Gasteiger partial charge is 0.189 e. The molecule has 0 bridgehead atoms. The molecule has 23 heavy (non-hydrogen) atoms. The van der Waals surface area contributed by atoms with Gasteiger partial charge in [0.2, 0.25) is 0 Å². The Morgan fingerprint density at radius 3 is 2.70 bits per heavy atom. The van der Waals surface area contributed by atoms with E-state index in [1.54, 1.807) is 0 Å². The number of nitrogens with one attached hydrogen (secondary N) is 1. The summed E-state index contributed by atoms with van der Waals surface area (Å²) in [5, 5.41) is 3.51. The highest BCUT2D eigenvalue weighted by Gasteiger charge is 2.48. The molecular weight excluding hydrogens is 401 g/mol. The summed E-state index contributed by atoms with van der Waals surface area (Å²) in [7, 11) is 0. The van der Waals surface area contributed by atoms with Crippen LogP contribution in [0.15, 0.2) is 29.3 Å². The highest BCUT2D eigenvalue weighted by Crippen LogP contribution is 2.53. The Hall–Kier alpha value is -0.980. The molecule has 1 aliphatic heterocycles. The molecule has 3 aliphatic rings. The summed E-state index contributed by atoms with van der Waals surface area (Å²) < 4.78 is 5.69. The van der Waals surface area contributed by atoms with Crippen molar-refractivity contribution in [1.82, 2.24) is 5.32 Å². The third-order valence-electron chi connectivity index (χ3n) is 5.81. The van der Waals surface area contributed by atoms with Crippen LogP contribution in [0, 0.1) is 5.41 Å². The number of hydrogen-bond acceptors (Lipinski definition) is 2. The van der Waals surface area contributed by atoms with Crippen LogP contribution in [0.3, 0.4) is 0 Å². The lowest BCUT2D eigenvalue weighted by molar-refractivity contribution is 0.0871. The second-order valence-corrected chi connectivity index (χ2v) is 7.01. The quantitative estimate of drug-likeness (QED) is 0.430. The number of halogens is 1. The van der Waals surface area contributed by atoms with Gasteiger partial charge in [0.15, 0.2) is 5.96 Å². The molecule has 2 fully saturated rings. The number of benzene rings is 1. The minimum absolute atomic E-state index is 0. The van der Waals surface area contributed by atoms with Gasteiger partial charge in [-0.1, -0.05) is 31.0 Å². The molecule has 126 valence electrons. The zero-order valence-corrected chi connectivity index (χ0v) is 15.8. The molecule has 4 nitrogen and oxygen atoms in total. The van der Waals surface area contributed by atoms with E-state index in [0.717, 1.165) is 17.7 Å². The maximum absolute atomic E-state index is 6.22. The Morgan fingerprint density at radius 2 is 1.96 bits per heavy atom. The molecule has 1 spiro atoms. The Bertz CT molecular complexity index is 583. The molecular formula is C18H26IN3O. The van der Waals surface area contributed by atoms with Crippen molar-refractivity contribution >= 4 is 29.9 Å². The zero-order chi connectivity index (χ0) is 15.0. The van der Waals surface area contributed by atoms with Crippen molar-refractivity contribution < 1.29 is 4.74 Å². The van der Waals surface area contributed by atoms with Crippen molar-refractivity contribution in [1.29, 1.82) is 0 Å². The third kappa shape index (κ3) is 3.16. The largest absolute Gasteiger partial charge is 0.493 e. The van der Waals surface area contributed by atoms with Crippen LogP contribution in [-0.4, -0.2) is 18.6 Å². The first-order chi connectivity index (χ1) is 10.8. The second-order valence-electron chi connectivity index (χ2n) is 7.01. The summed E-state index contributed by atoms with van der Waals surface area (Å²) in [6, 6.07) is 8.81. The predicted octanol–water partition coefficient (Wildman–Crippen LogP) is 3.76. The predicted molar refractivity (Wildman–Crippen MR) is 103 cm³/mol. The number of guanidine groups is 1. The van der Waals surface area contributed by atoms with E-state index < -0.39 is 0 Å². The summed E-state index contributed by atoms with van der Waals surface area (Å²) in [5.74, 6) is 1.56. The van der Waals surface area contributed by atoms with Gasteiger partial charge in [-0.25, -0.2) is 4.99 Å². The van der Waals surface area contributed by atoms with Gasteiger partial charge in [-0.2, -0.15) is 0 Å². The van der Waals surface area contributed by atoms with Crippen molar-refractivity contribution in [3.05, 3.63) is 29.8 Å². The van der Waals surface area contributed by atoms with Gasteiger partial charge in [0, 0.05) is 18.0 Å². The number of rotatable bonds is 2. The van der Waals surface area contributed by atoms with E-state index in [0.29, 0.717) is 24.0 Å². The number of fused-ring (bicyclic) bond motifs is 1. The molecule has 0 amide bonds. The first kappa shape index (κ1) is 16.9. The van der Waals surface area contributed by atoms with Gasteiger partial charge in [-0.3, -0.25) is 0 Å². The molecule has 1 aromatic rings. The summed E-state index contributed by atoms with van der Waals surface area (Å²) >= 11 is 0. The maximum Gasteiger partial charge on any atom is 0.189 e. The average molecular weight is 427 g/mol.